The second-order valence-electron chi connectivity index (χ2n) is 7.61. The van der Waals surface area contributed by atoms with Crippen molar-refractivity contribution in [3.63, 3.8) is 0 Å². The lowest BCUT2D eigenvalue weighted by Gasteiger charge is -2.20. The summed E-state index contributed by atoms with van der Waals surface area (Å²) >= 11 is 0. The van der Waals surface area contributed by atoms with E-state index in [2.05, 4.69) is 42.0 Å². The lowest BCUT2D eigenvalue weighted by Crippen LogP contribution is -2.08. The molecular formula is C21H29N3. The van der Waals surface area contributed by atoms with Crippen LogP contribution in [0.4, 0.5) is 5.82 Å². The van der Waals surface area contributed by atoms with E-state index in [0.717, 1.165) is 6.54 Å². The Hall–Kier alpha value is -1.77. The molecule has 0 bridgehead atoms. The Labute approximate surface area is 145 Å². The van der Waals surface area contributed by atoms with Gasteiger partial charge in [0.05, 0.1) is 11.4 Å². The molecule has 0 saturated heterocycles. The van der Waals surface area contributed by atoms with Gasteiger partial charge in [-0.25, -0.2) is 4.68 Å². The fourth-order valence-electron chi connectivity index (χ4n) is 4.28. The molecule has 1 aromatic heterocycles. The molecule has 0 spiro atoms. The molecule has 0 unspecified atom stereocenters. The standard InChI is InChI=1S/C21H29N3/c1-15-11-12-18(14-16(15)2)24-21-19(10-6-7-13-22-21)20(23-24)17-8-4-3-5-9-17/h11-12,14,17,22H,3-10,13H2,1-2H3. The van der Waals surface area contributed by atoms with Crippen molar-refractivity contribution in [2.24, 2.45) is 0 Å². The first-order valence-electron chi connectivity index (χ1n) is 9.67. The SMILES string of the molecule is Cc1ccc(-n2nc(C3CCCCC3)c3c2NCCCC3)cc1C. The minimum absolute atomic E-state index is 0.667. The van der Waals surface area contributed by atoms with E-state index in [1.807, 2.05) is 0 Å². The highest BCUT2D eigenvalue weighted by Gasteiger charge is 2.27. The topological polar surface area (TPSA) is 29.9 Å². The normalized spacial score (nSPS) is 18.8. The number of hydrogen-bond acceptors (Lipinski definition) is 2. The van der Waals surface area contributed by atoms with Crippen molar-refractivity contribution in [1.82, 2.24) is 9.78 Å². The minimum Gasteiger partial charge on any atom is -0.370 e. The summed E-state index contributed by atoms with van der Waals surface area (Å²) in [5.41, 5.74) is 6.77. The van der Waals surface area contributed by atoms with E-state index in [4.69, 9.17) is 5.10 Å². The largest absolute Gasteiger partial charge is 0.370 e. The van der Waals surface area contributed by atoms with Gasteiger partial charge in [0.2, 0.25) is 0 Å². The van der Waals surface area contributed by atoms with E-state index in [1.165, 1.54) is 85.3 Å². The molecule has 1 N–H and O–H groups in total. The van der Waals surface area contributed by atoms with Crippen LogP contribution in [0.1, 0.15) is 73.2 Å². The molecule has 1 aliphatic carbocycles. The first-order chi connectivity index (χ1) is 11.7. The van der Waals surface area contributed by atoms with Gasteiger partial charge in [0.1, 0.15) is 5.82 Å². The van der Waals surface area contributed by atoms with Crippen LogP contribution in [-0.2, 0) is 6.42 Å². The molecule has 0 radical (unpaired) electrons. The maximum absolute atomic E-state index is 5.15. The van der Waals surface area contributed by atoms with Gasteiger partial charge < -0.3 is 5.32 Å². The summed E-state index contributed by atoms with van der Waals surface area (Å²) in [6, 6.07) is 6.71. The zero-order valence-electron chi connectivity index (χ0n) is 15.1. The average Bonchev–Trinajstić information content (AvgIpc) is 2.80. The molecule has 1 fully saturated rings. The zero-order chi connectivity index (χ0) is 16.5. The van der Waals surface area contributed by atoms with Gasteiger partial charge in [-0.3, -0.25) is 0 Å². The lowest BCUT2D eigenvalue weighted by molar-refractivity contribution is 0.432. The Morgan fingerprint density at radius 1 is 1.00 bits per heavy atom. The van der Waals surface area contributed by atoms with E-state index >= 15 is 0 Å². The van der Waals surface area contributed by atoms with Crippen LogP contribution in [0.15, 0.2) is 18.2 Å². The number of benzene rings is 1. The predicted molar refractivity (Wildman–Crippen MR) is 100 cm³/mol. The van der Waals surface area contributed by atoms with E-state index < -0.39 is 0 Å². The second-order valence-corrected chi connectivity index (χ2v) is 7.61. The summed E-state index contributed by atoms with van der Waals surface area (Å²) in [5, 5.41) is 8.84. The third kappa shape index (κ3) is 2.85. The Bertz CT molecular complexity index is 723. The molecule has 2 aromatic rings. The van der Waals surface area contributed by atoms with Crippen molar-refractivity contribution in [2.45, 2.75) is 71.1 Å². The number of fused-ring (bicyclic) bond motifs is 1. The van der Waals surface area contributed by atoms with Gasteiger partial charge in [-0.2, -0.15) is 5.10 Å². The smallest absolute Gasteiger partial charge is 0.133 e. The number of aryl methyl sites for hydroxylation is 2. The summed E-state index contributed by atoms with van der Waals surface area (Å²) in [7, 11) is 0. The molecule has 2 aliphatic rings. The number of anilines is 1. The highest BCUT2D eigenvalue weighted by molar-refractivity contribution is 5.56. The summed E-state index contributed by atoms with van der Waals surface area (Å²) in [4.78, 5) is 0. The summed E-state index contributed by atoms with van der Waals surface area (Å²) in [6.45, 7) is 5.43. The predicted octanol–water partition coefficient (Wildman–Crippen LogP) is 5.29. The van der Waals surface area contributed by atoms with Crippen LogP contribution in [0.3, 0.4) is 0 Å². The molecule has 3 nitrogen and oxygen atoms in total. The summed E-state index contributed by atoms with van der Waals surface area (Å²) in [5.74, 6) is 1.93. The van der Waals surface area contributed by atoms with Gasteiger partial charge in [0, 0.05) is 18.0 Å². The Morgan fingerprint density at radius 3 is 2.62 bits per heavy atom. The van der Waals surface area contributed by atoms with Gasteiger partial charge in [-0.15, -0.1) is 0 Å². The Balaban J connectivity index is 1.81. The van der Waals surface area contributed by atoms with Crippen LogP contribution in [0, 0.1) is 13.8 Å². The van der Waals surface area contributed by atoms with Crippen molar-refractivity contribution >= 4 is 5.82 Å². The van der Waals surface area contributed by atoms with E-state index in [-0.39, 0.29) is 0 Å². The quantitative estimate of drug-likeness (QED) is 0.814. The van der Waals surface area contributed by atoms with Crippen LogP contribution in [-0.4, -0.2) is 16.3 Å². The minimum atomic E-state index is 0.667. The molecular weight excluding hydrogens is 294 g/mol. The Kier molecular flexibility index (Phi) is 4.34. The zero-order valence-corrected chi connectivity index (χ0v) is 15.1. The molecule has 4 rings (SSSR count). The number of nitrogens with zero attached hydrogens (tertiary/aromatic N) is 2. The van der Waals surface area contributed by atoms with Crippen molar-refractivity contribution in [2.75, 3.05) is 11.9 Å². The fraction of sp³-hybridized carbons (Fsp3) is 0.571. The highest BCUT2D eigenvalue weighted by atomic mass is 15.3. The number of aromatic nitrogens is 2. The molecule has 128 valence electrons. The van der Waals surface area contributed by atoms with Gasteiger partial charge in [-0.1, -0.05) is 25.3 Å². The van der Waals surface area contributed by atoms with Crippen molar-refractivity contribution in [3.8, 4) is 5.69 Å². The highest BCUT2D eigenvalue weighted by Crippen LogP contribution is 2.38. The van der Waals surface area contributed by atoms with Gasteiger partial charge >= 0.3 is 0 Å². The molecule has 2 heterocycles. The van der Waals surface area contributed by atoms with E-state index in [0.29, 0.717) is 5.92 Å². The first-order valence-corrected chi connectivity index (χ1v) is 9.67. The number of rotatable bonds is 2. The molecule has 0 amide bonds. The summed E-state index contributed by atoms with van der Waals surface area (Å²) < 4.78 is 2.19. The Morgan fingerprint density at radius 2 is 1.83 bits per heavy atom. The monoisotopic (exact) mass is 323 g/mol. The van der Waals surface area contributed by atoms with Crippen LogP contribution >= 0.6 is 0 Å². The molecule has 1 aliphatic heterocycles. The summed E-state index contributed by atoms with van der Waals surface area (Å²) in [6.07, 6.45) is 10.5. The molecule has 1 saturated carbocycles. The molecule has 0 atom stereocenters. The average molecular weight is 323 g/mol. The maximum atomic E-state index is 5.15. The van der Waals surface area contributed by atoms with E-state index in [1.54, 1.807) is 0 Å². The third-order valence-corrected chi connectivity index (χ3v) is 5.89. The first kappa shape index (κ1) is 15.7. The molecule has 24 heavy (non-hydrogen) atoms. The van der Waals surface area contributed by atoms with Crippen LogP contribution in [0.25, 0.3) is 5.69 Å². The third-order valence-electron chi connectivity index (χ3n) is 5.89. The second kappa shape index (κ2) is 6.62. The van der Waals surface area contributed by atoms with Crippen molar-refractivity contribution in [3.05, 3.63) is 40.6 Å². The van der Waals surface area contributed by atoms with Gasteiger partial charge in [0.15, 0.2) is 0 Å². The van der Waals surface area contributed by atoms with Crippen molar-refractivity contribution in [1.29, 1.82) is 0 Å². The number of hydrogen-bond donors (Lipinski definition) is 1. The van der Waals surface area contributed by atoms with Crippen LogP contribution in [0.5, 0.6) is 0 Å². The fourth-order valence-corrected chi connectivity index (χ4v) is 4.28. The van der Waals surface area contributed by atoms with Gasteiger partial charge in [-0.05, 0) is 69.2 Å². The number of nitrogens with one attached hydrogen (secondary N) is 1. The maximum Gasteiger partial charge on any atom is 0.133 e. The van der Waals surface area contributed by atoms with Gasteiger partial charge in [0.25, 0.3) is 0 Å². The van der Waals surface area contributed by atoms with E-state index in [9.17, 15) is 0 Å². The molecule has 3 heteroatoms. The van der Waals surface area contributed by atoms with Crippen molar-refractivity contribution < 1.29 is 0 Å². The van der Waals surface area contributed by atoms with Crippen LogP contribution in [0.2, 0.25) is 0 Å². The molecule has 1 aromatic carbocycles. The van der Waals surface area contributed by atoms with Crippen LogP contribution < -0.4 is 5.32 Å². The lowest BCUT2D eigenvalue weighted by atomic mass is 9.85.